The van der Waals surface area contributed by atoms with Gasteiger partial charge in [0.1, 0.15) is 13.2 Å². The summed E-state index contributed by atoms with van der Waals surface area (Å²) in [6.07, 6.45) is 1.56. The molecular weight excluding hydrogens is 614 g/mol. The zero-order chi connectivity index (χ0) is 29.7. The topological polar surface area (TPSA) is 128 Å². The summed E-state index contributed by atoms with van der Waals surface area (Å²) in [4.78, 5) is 49.8. The number of imide groups is 1. The van der Waals surface area contributed by atoms with Gasteiger partial charge >= 0.3 is 0 Å². The molecule has 1 heterocycles. The minimum Gasteiger partial charge on any atom is -0.490 e. The number of nitro benzene ring substituents is 1. The predicted molar refractivity (Wildman–Crippen MR) is 160 cm³/mol. The molecule has 3 amide bonds. The lowest BCUT2D eigenvalue weighted by Crippen LogP contribution is -2.36. The Kier molecular flexibility index (Phi) is 9.46. The van der Waals surface area contributed by atoms with Crippen molar-refractivity contribution in [2.75, 3.05) is 18.5 Å². The van der Waals surface area contributed by atoms with Gasteiger partial charge in [-0.2, -0.15) is 0 Å². The Morgan fingerprint density at radius 2 is 1.85 bits per heavy atom. The first-order valence-corrected chi connectivity index (χ1v) is 14.1. The van der Waals surface area contributed by atoms with Gasteiger partial charge in [-0.25, -0.2) is 0 Å². The number of thioether (sulfide) groups is 1. The van der Waals surface area contributed by atoms with Crippen molar-refractivity contribution in [1.29, 1.82) is 0 Å². The van der Waals surface area contributed by atoms with E-state index in [9.17, 15) is 24.5 Å². The lowest BCUT2D eigenvalue weighted by atomic mass is 10.1. The van der Waals surface area contributed by atoms with E-state index in [1.807, 2.05) is 32.9 Å². The van der Waals surface area contributed by atoms with Crippen LogP contribution in [0.1, 0.15) is 29.2 Å². The number of nitro groups is 1. The van der Waals surface area contributed by atoms with Crippen molar-refractivity contribution in [2.45, 2.75) is 27.4 Å². The Hall–Kier alpha value is -4.16. The molecule has 212 valence electrons. The van der Waals surface area contributed by atoms with Crippen molar-refractivity contribution < 1.29 is 28.8 Å². The number of anilines is 1. The van der Waals surface area contributed by atoms with E-state index in [-0.39, 0.29) is 17.2 Å². The maximum atomic E-state index is 13.0. The van der Waals surface area contributed by atoms with Gasteiger partial charge in [0.25, 0.3) is 16.8 Å². The third-order valence-corrected chi connectivity index (χ3v) is 7.71. The molecule has 0 bridgehead atoms. The van der Waals surface area contributed by atoms with Crippen LogP contribution in [0.2, 0.25) is 0 Å². The normalized spacial score (nSPS) is 14.0. The number of benzene rings is 3. The van der Waals surface area contributed by atoms with Crippen molar-refractivity contribution in [3.05, 3.63) is 96.3 Å². The van der Waals surface area contributed by atoms with Crippen LogP contribution >= 0.6 is 27.7 Å². The van der Waals surface area contributed by atoms with E-state index < -0.39 is 28.5 Å². The highest BCUT2D eigenvalue weighted by molar-refractivity contribution is 9.10. The largest absolute Gasteiger partial charge is 0.490 e. The number of carbonyl (C=O) groups is 3. The number of aryl methyl sites for hydroxylation is 1. The molecule has 4 rings (SSSR count). The highest BCUT2D eigenvalue weighted by atomic mass is 79.9. The van der Waals surface area contributed by atoms with Crippen LogP contribution < -0.4 is 14.8 Å². The van der Waals surface area contributed by atoms with Gasteiger partial charge in [-0.1, -0.05) is 12.1 Å². The molecule has 0 aliphatic carbocycles. The van der Waals surface area contributed by atoms with E-state index in [0.29, 0.717) is 33.8 Å². The summed E-state index contributed by atoms with van der Waals surface area (Å²) in [5.41, 5.74) is 3.84. The Bertz CT molecular complexity index is 1560. The molecule has 41 heavy (non-hydrogen) atoms. The highest BCUT2D eigenvalue weighted by Gasteiger charge is 2.36. The number of carbonyl (C=O) groups excluding carboxylic acids is 3. The van der Waals surface area contributed by atoms with Gasteiger partial charge < -0.3 is 14.8 Å². The first-order chi connectivity index (χ1) is 19.6. The second kappa shape index (κ2) is 13.0. The summed E-state index contributed by atoms with van der Waals surface area (Å²) in [6.45, 7) is 5.70. The average Bonchev–Trinajstić information content (AvgIpc) is 3.18. The van der Waals surface area contributed by atoms with Gasteiger partial charge in [0, 0.05) is 17.8 Å². The van der Waals surface area contributed by atoms with E-state index >= 15 is 0 Å². The molecule has 1 aliphatic rings. The number of non-ortho nitro benzene ring substituents is 1. The summed E-state index contributed by atoms with van der Waals surface area (Å²) in [7, 11) is 0. The molecule has 1 saturated heterocycles. The molecular formula is C29H26BrN3O7S. The molecule has 0 spiro atoms. The van der Waals surface area contributed by atoms with Crippen LogP contribution in [-0.4, -0.2) is 40.0 Å². The first-order valence-electron chi connectivity index (χ1n) is 12.5. The van der Waals surface area contributed by atoms with E-state index in [0.717, 1.165) is 33.4 Å². The van der Waals surface area contributed by atoms with Crippen LogP contribution in [0.25, 0.3) is 6.08 Å². The predicted octanol–water partition coefficient (Wildman–Crippen LogP) is 6.63. The summed E-state index contributed by atoms with van der Waals surface area (Å²) >= 11 is 4.24. The number of hydrogen-bond acceptors (Lipinski definition) is 8. The monoisotopic (exact) mass is 639 g/mol. The molecule has 1 fully saturated rings. The van der Waals surface area contributed by atoms with E-state index in [1.54, 1.807) is 36.4 Å². The number of nitrogens with zero attached hydrogens (tertiary/aromatic N) is 2. The Morgan fingerprint density at radius 3 is 2.54 bits per heavy atom. The third kappa shape index (κ3) is 7.14. The molecule has 0 aromatic heterocycles. The summed E-state index contributed by atoms with van der Waals surface area (Å²) < 4.78 is 12.3. The molecule has 10 nitrogen and oxygen atoms in total. The van der Waals surface area contributed by atoms with Gasteiger partial charge in [0.2, 0.25) is 5.91 Å². The molecule has 1 aliphatic heterocycles. The molecule has 0 saturated carbocycles. The molecule has 0 unspecified atom stereocenters. The maximum absolute atomic E-state index is 13.0. The fourth-order valence-corrected chi connectivity index (χ4v) is 5.36. The van der Waals surface area contributed by atoms with Crippen LogP contribution in [0.3, 0.4) is 0 Å². The number of rotatable bonds is 10. The van der Waals surface area contributed by atoms with Gasteiger partial charge in [-0.3, -0.25) is 29.4 Å². The molecule has 0 atom stereocenters. The zero-order valence-corrected chi connectivity index (χ0v) is 24.8. The number of halogens is 1. The second-order valence-electron chi connectivity index (χ2n) is 9.04. The molecule has 1 N–H and O–H groups in total. The van der Waals surface area contributed by atoms with Crippen LogP contribution in [-0.2, 0) is 16.2 Å². The van der Waals surface area contributed by atoms with Gasteiger partial charge in [-0.05, 0) is 107 Å². The fourth-order valence-electron chi connectivity index (χ4n) is 3.95. The van der Waals surface area contributed by atoms with Crippen LogP contribution in [0.15, 0.2) is 64.0 Å². The second-order valence-corrected chi connectivity index (χ2v) is 10.9. The fraction of sp³-hybridized carbons (Fsp3) is 0.207. The van der Waals surface area contributed by atoms with Gasteiger partial charge in [0.05, 0.1) is 20.9 Å². The van der Waals surface area contributed by atoms with Crippen molar-refractivity contribution >= 4 is 62.2 Å². The average molecular weight is 641 g/mol. The summed E-state index contributed by atoms with van der Waals surface area (Å²) in [5, 5.41) is 13.1. The van der Waals surface area contributed by atoms with Crippen LogP contribution in [0.4, 0.5) is 16.2 Å². The molecule has 0 radical (unpaired) electrons. The molecule has 12 heteroatoms. The summed E-state index contributed by atoms with van der Waals surface area (Å²) in [5.74, 6) is -0.220. The van der Waals surface area contributed by atoms with Crippen molar-refractivity contribution in [3.8, 4) is 11.5 Å². The van der Waals surface area contributed by atoms with Gasteiger partial charge in [-0.15, -0.1) is 0 Å². The van der Waals surface area contributed by atoms with Crippen LogP contribution in [0, 0.1) is 24.0 Å². The Balaban J connectivity index is 1.48. The van der Waals surface area contributed by atoms with Gasteiger partial charge in [0.15, 0.2) is 11.5 Å². The summed E-state index contributed by atoms with van der Waals surface area (Å²) in [6, 6.07) is 14.9. The van der Waals surface area contributed by atoms with Crippen molar-refractivity contribution in [2.24, 2.45) is 0 Å². The smallest absolute Gasteiger partial charge is 0.294 e. The lowest BCUT2D eigenvalue weighted by Gasteiger charge is -2.15. The minimum absolute atomic E-state index is 0.0132. The SMILES string of the molecule is CCOc1cc(/C=C2/SC(=O)N(CC(=O)Nc3cccc(C)c3C)C2=O)cc(Br)c1OCc1ccc([N+](=O)[O-])cc1. The molecule has 3 aromatic carbocycles. The maximum Gasteiger partial charge on any atom is 0.294 e. The molecule has 3 aromatic rings. The number of ether oxygens (including phenoxy) is 2. The quantitative estimate of drug-likeness (QED) is 0.149. The van der Waals surface area contributed by atoms with E-state index in [2.05, 4.69) is 21.2 Å². The standard InChI is InChI=1S/C29H26BrN3O7S/c1-4-39-24-13-20(12-22(30)27(24)40-16-19-8-10-21(11-9-19)33(37)38)14-25-28(35)32(29(36)41-25)15-26(34)31-23-7-5-6-17(2)18(23)3/h5-14H,4,15-16H2,1-3H3,(H,31,34)/b25-14+. The minimum atomic E-state index is -0.566. The van der Waals surface area contributed by atoms with Crippen molar-refractivity contribution in [1.82, 2.24) is 4.90 Å². The van der Waals surface area contributed by atoms with Crippen molar-refractivity contribution in [3.63, 3.8) is 0 Å². The number of amides is 3. The van der Waals surface area contributed by atoms with Crippen LogP contribution in [0.5, 0.6) is 11.5 Å². The van der Waals surface area contributed by atoms with E-state index in [4.69, 9.17) is 9.47 Å². The third-order valence-electron chi connectivity index (χ3n) is 6.21. The Morgan fingerprint density at radius 1 is 1.12 bits per heavy atom. The van der Waals surface area contributed by atoms with E-state index in [1.165, 1.54) is 12.1 Å². The zero-order valence-electron chi connectivity index (χ0n) is 22.4. The lowest BCUT2D eigenvalue weighted by molar-refractivity contribution is -0.384. The number of hydrogen-bond donors (Lipinski definition) is 1. The number of nitrogens with one attached hydrogen (secondary N) is 1. The Labute approximate surface area is 249 Å². The first kappa shape index (κ1) is 29.8. The highest BCUT2D eigenvalue weighted by Crippen LogP contribution is 2.40.